The lowest BCUT2D eigenvalue weighted by Gasteiger charge is -2.20. The van der Waals surface area contributed by atoms with Crippen LogP contribution in [0, 0.1) is 0 Å². The molecule has 5 nitrogen and oxygen atoms in total. The molecule has 0 heterocycles. The fourth-order valence-electron chi connectivity index (χ4n) is 2.09. The summed E-state index contributed by atoms with van der Waals surface area (Å²) in [6, 6.07) is 7.77. The van der Waals surface area contributed by atoms with Gasteiger partial charge in [0.05, 0.1) is 6.26 Å². The fraction of sp³-hybridized carbons (Fsp3) is 0.571. The van der Waals surface area contributed by atoms with Crippen molar-refractivity contribution >= 4 is 15.7 Å². The molecule has 1 rings (SSSR count). The number of hydrogen-bond donors (Lipinski definition) is 3. The van der Waals surface area contributed by atoms with Gasteiger partial charge >= 0.3 is 0 Å². The number of sulfonamides is 1. The van der Waals surface area contributed by atoms with E-state index in [4.69, 9.17) is 5.11 Å². The van der Waals surface area contributed by atoms with Crippen LogP contribution >= 0.6 is 0 Å². The number of nitrogens with one attached hydrogen (secondary N) is 2. The quantitative estimate of drug-likeness (QED) is 0.685. The Morgan fingerprint density at radius 1 is 1.30 bits per heavy atom. The Kier molecular flexibility index (Phi) is 6.45. The molecule has 0 spiro atoms. The first-order chi connectivity index (χ1) is 9.31. The lowest BCUT2D eigenvalue weighted by Crippen LogP contribution is -2.29. The number of aliphatic hydroxyl groups is 1. The van der Waals surface area contributed by atoms with Crippen LogP contribution in [-0.4, -0.2) is 32.4 Å². The predicted octanol–water partition coefficient (Wildman–Crippen LogP) is 1.87. The van der Waals surface area contributed by atoms with Crippen molar-refractivity contribution in [1.82, 2.24) is 5.32 Å². The van der Waals surface area contributed by atoms with E-state index < -0.39 is 10.0 Å². The standard InChI is InChI=1S/C14H24N2O3S/c1-11(6-5-9-17)15-12(2)13-7-4-8-14(10-13)16-20(3,18)19/h4,7-8,10-12,15-17H,5-6,9H2,1-3H3. The molecule has 0 saturated heterocycles. The number of aliphatic hydroxyl groups excluding tert-OH is 1. The van der Waals surface area contributed by atoms with Crippen LogP contribution in [0.3, 0.4) is 0 Å². The average Bonchev–Trinajstić information content (AvgIpc) is 2.34. The summed E-state index contributed by atoms with van der Waals surface area (Å²) in [5, 5.41) is 12.3. The van der Waals surface area contributed by atoms with Gasteiger partial charge in [0.25, 0.3) is 0 Å². The molecule has 1 aromatic rings. The second kappa shape index (κ2) is 7.61. The molecule has 2 unspecified atom stereocenters. The van der Waals surface area contributed by atoms with Crippen molar-refractivity contribution in [2.24, 2.45) is 0 Å². The third-order valence-electron chi connectivity index (χ3n) is 3.02. The molecule has 0 bridgehead atoms. The molecular weight excluding hydrogens is 276 g/mol. The van der Waals surface area contributed by atoms with E-state index in [1.54, 1.807) is 6.07 Å². The highest BCUT2D eigenvalue weighted by atomic mass is 32.2. The van der Waals surface area contributed by atoms with E-state index in [-0.39, 0.29) is 12.6 Å². The molecular formula is C14H24N2O3S. The average molecular weight is 300 g/mol. The van der Waals surface area contributed by atoms with Gasteiger partial charge < -0.3 is 10.4 Å². The van der Waals surface area contributed by atoms with E-state index in [0.29, 0.717) is 11.7 Å². The van der Waals surface area contributed by atoms with Crippen molar-refractivity contribution in [2.75, 3.05) is 17.6 Å². The van der Waals surface area contributed by atoms with E-state index in [1.807, 2.05) is 25.1 Å². The van der Waals surface area contributed by atoms with Crippen LogP contribution in [0.5, 0.6) is 0 Å². The normalized spacial score (nSPS) is 14.8. The van der Waals surface area contributed by atoms with Gasteiger partial charge in [-0.15, -0.1) is 0 Å². The molecule has 2 atom stereocenters. The fourth-order valence-corrected chi connectivity index (χ4v) is 2.64. The molecule has 0 fully saturated rings. The van der Waals surface area contributed by atoms with Gasteiger partial charge in [0, 0.05) is 24.4 Å². The first kappa shape index (κ1) is 16.9. The van der Waals surface area contributed by atoms with E-state index in [0.717, 1.165) is 24.7 Å². The van der Waals surface area contributed by atoms with Crippen LogP contribution in [0.1, 0.15) is 38.3 Å². The summed E-state index contributed by atoms with van der Waals surface area (Å²) < 4.78 is 24.9. The molecule has 0 amide bonds. The molecule has 0 aromatic heterocycles. The van der Waals surface area contributed by atoms with Gasteiger partial charge in [-0.2, -0.15) is 0 Å². The zero-order valence-corrected chi connectivity index (χ0v) is 13.1. The van der Waals surface area contributed by atoms with Gasteiger partial charge in [-0.3, -0.25) is 4.72 Å². The highest BCUT2D eigenvalue weighted by Gasteiger charge is 2.10. The van der Waals surface area contributed by atoms with Gasteiger partial charge in [0.2, 0.25) is 10.0 Å². The third kappa shape index (κ3) is 6.36. The summed E-state index contributed by atoms with van der Waals surface area (Å²) in [6.07, 6.45) is 2.82. The molecule has 0 saturated carbocycles. The minimum Gasteiger partial charge on any atom is -0.396 e. The van der Waals surface area contributed by atoms with E-state index in [2.05, 4.69) is 17.0 Å². The van der Waals surface area contributed by atoms with E-state index in [1.165, 1.54) is 0 Å². The summed E-state index contributed by atoms with van der Waals surface area (Å²) >= 11 is 0. The van der Waals surface area contributed by atoms with Crippen molar-refractivity contribution in [2.45, 2.75) is 38.8 Å². The number of benzene rings is 1. The SMILES string of the molecule is CC(CCCO)NC(C)c1cccc(NS(C)(=O)=O)c1. The molecule has 3 N–H and O–H groups in total. The second-order valence-electron chi connectivity index (χ2n) is 5.15. The molecule has 6 heteroatoms. The van der Waals surface area contributed by atoms with Crippen LogP contribution in [-0.2, 0) is 10.0 Å². The first-order valence-corrected chi connectivity index (χ1v) is 8.65. The largest absolute Gasteiger partial charge is 0.396 e. The maximum atomic E-state index is 11.2. The monoisotopic (exact) mass is 300 g/mol. The Hall–Kier alpha value is -1.11. The smallest absolute Gasteiger partial charge is 0.229 e. The van der Waals surface area contributed by atoms with Crippen molar-refractivity contribution < 1.29 is 13.5 Å². The minimum atomic E-state index is -3.25. The van der Waals surface area contributed by atoms with Crippen molar-refractivity contribution in [3.8, 4) is 0 Å². The molecule has 0 aliphatic rings. The Morgan fingerprint density at radius 2 is 2.00 bits per heavy atom. The van der Waals surface area contributed by atoms with Gasteiger partial charge in [-0.1, -0.05) is 12.1 Å². The second-order valence-corrected chi connectivity index (χ2v) is 6.90. The maximum Gasteiger partial charge on any atom is 0.229 e. The number of hydrogen-bond acceptors (Lipinski definition) is 4. The summed E-state index contributed by atoms with van der Waals surface area (Å²) in [7, 11) is -3.25. The lowest BCUT2D eigenvalue weighted by molar-refractivity contribution is 0.274. The van der Waals surface area contributed by atoms with Crippen molar-refractivity contribution in [1.29, 1.82) is 0 Å². The van der Waals surface area contributed by atoms with Gasteiger partial charge in [-0.25, -0.2) is 8.42 Å². The molecule has 0 aliphatic carbocycles. The minimum absolute atomic E-state index is 0.116. The molecule has 0 aliphatic heterocycles. The van der Waals surface area contributed by atoms with E-state index in [9.17, 15) is 8.42 Å². The summed E-state index contributed by atoms with van der Waals surface area (Å²) in [4.78, 5) is 0. The Labute approximate surface area is 121 Å². The summed E-state index contributed by atoms with van der Waals surface area (Å²) in [5.41, 5.74) is 1.59. The van der Waals surface area contributed by atoms with Crippen LogP contribution in [0.4, 0.5) is 5.69 Å². The summed E-state index contributed by atoms with van der Waals surface area (Å²) in [5.74, 6) is 0. The van der Waals surface area contributed by atoms with Crippen LogP contribution < -0.4 is 10.0 Å². The zero-order valence-electron chi connectivity index (χ0n) is 12.3. The molecule has 114 valence electrons. The summed E-state index contributed by atoms with van der Waals surface area (Å²) in [6.45, 7) is 4.31. The highest BCUT2D eigenvalue weighted by Crippen LogP contribution is 2.19. The maximum absolute atomic E-state index is 11.2. The van der Waals surface area contributed by atoms with Crippen LogP contribution in [0.15, 0.2) is 24.3 Å². The Morgan fingerprint density at radius 3 is 2.60 bits per heavy atom. The molecule has 20 heavy (non-hydrogen) atoms. The molecule has 0 radical (unpaired) electrons. The van der Waals surface area contributed by atoms with Crippen LogP contribution in [0.25, 0.3) is 0 Å². The number of anilines is 1. The predicted molar refractivity (Wildman–Crippen MR) is 82.2 cm³/mol. The van der Waals surface area contributed by atoms with Gasteiger partial charge in [0.1, 0.15) is 0 Å². The third-order valence-corrected chi connectivity index (χ3v) is 3.63. The highest BCUT2D eigenvalue weighted by molar-refractivity contribution is 7.92. The lowest BCUT2D eigenvalue weighted by atomic mass is 10.1. The van der Waals surface area contributed by atoms with Crippen molar-refractivity contribution in [3.63, 3.8) is 0 Å². The first-order valence-electron chi connectivity index (χ1n) is 6.76. The van der Waals surface area contributed by atoms with Crippen molar-refractivity contribution in [3.05, 3.63) is 29.8 Å². The van der Waals surface area contributed by atoms with Gasteiger partial charge in [0.15, 0.2) is 0 Å². The van der Waals surface area contributed by atoms with E-state index >= 15 is 0 Å². The Balaban J connectivity index is 2.68. The molecule has 1 aromatic carbocycles. The van der Waals surface area contributed by atoms with Crippen LogP contribution in [0.2, 0.25) is 0 Å². The topological polar surface area (TPSA) is 78.4 Å². The Bertz CT molecular complexity index is 517. The number of rotatable bonds is 8. The zero-order chi connectivity index (χ0) is 15.2. The van der Waals surface area contributed by atoms with Gasteiger partial charge in [-0.05, 0) is 44.4 Å².